The van der Waals surface area contributed by atoms with Crippen LogP contribution in [-0.2, 0) is 6.42 Å². The molecule has 1 atom stereocenters. The number of aliphatic imine (C=N–C) groups is 1. The Hall–Kier alpha value is -2.01. The van der Waals surface area contributed by atoms with Gasteiger partial charge in [-0.15, -0.1) is 0 Å². The molecule has 0 radical (unpaired) electrons. The highest BCUT2D eigenvalue weighted by molar-refractivity contribution is 5.84. The SMILES string of the molecule is CCNC(=NCC(C)CO)NCCc1c[nH]c2cc(C)ccc12. The number of rotatable bonds is 7. The molecule has 1 aromatic heterocycles. The smallest absolute Gasteiger partial charge is 0.191 e. The molecule has 1 unspecified atom stereocenters. The molecule has 2 aromatic rings. The molecule has 0 bridgehead atoms. The zero-order chi connectivity index (χ0) is 16.7. The average Bonchev–Trinajstić information content (AvgIpc) is 2.94. The molecule has 0 amide bonds. The summed E-state index contributed by atoms with van der Waals surface area (Å²) < 4.78 is 0. The van der Waals surface area contributed by atoms with Gasteiger partial charge in [-0.3, -0.25) is 4.99 Å². The summed E-state index contributed by atoms with van der Waals surface area (Å²) in [4.78, 5) is 7.84. The monoisotopic (exact) mass is 316 g/mol. The summed E-state index contributed by atoms with van der Waals surface area (Å²) in [6.45, 7) is 8.57. The molecule has 1 heterocycles. The standard InChI is InChI=1S/C18H28N4O/c1-4-19-18(22-10-14(3)12-23)20-8-7-15-11-21-17-9-13(2)5-6-16(15)17/h5-6,9,11,14,21,23H,4,7-8,10,12H2,1-3H3,(H2,19,20,22). The van der Waals surface area contributed by atoms with E-state index in [2.05, 4.69) is 58.9 Å². The van der Waals surface area contributed by atoms with Crippen LogP contribution in [0.1, 0.15) is 25.0 Å². The van der Waals surface area contributed by atoms with Crippen LogP contribution >= 0.6 is 0 Å². The second-order valence-electron chi connectivity index (χ2n) is 6.05. The molecule has 1 aromatic carbocycles. The number of fused-ring (bicyclic) bond motifs is 1. The molecule has 23 heavy (non-hydrogen) atoms. The van der Waals surface area contributed by atoms with E-state index in [1.165, 1.54) is 22.0 Å². The number of aryl methyl sites for hydroxylation is 1. The van der Waals surface area contributed by atoms with Gasteiger partial charge in [-0.05, 0) is 43.4 Å². The maximum Gasteiger partial charge on any atom is 0.191 e. The Labute approximate surface area is 138 Å². The number of hydrogen-bond acceptors (Lipinski definition) is 2. The van der Waals surface area contributed by atoms with Gasteiger partial charge in [-0.25, -0.2) is 0 Å². The Morgan fingerprint density at radius 1 is 1.35 bits per heavy atom. The molecule has 5 heteroatoms. The van der Waals surface area contributed by atoms with Crippen LogP contribution in [0, 0.1) is 12.8 Å². The molecule has 5 nitrogen and oxygen atoms in total. The summed E-state index contributed by atoms with van der Waals surface area (Å²) in [5, 5.41) is 17.0. The van der Waals surface area contributed by atoms with Gasteiger partial charge >= 0.3 is 0 Å². The minimum atomic E-state index is 0.164. The highest BCUT2D eigenvalue weighted by Crippen LogP contribution is 2.19. The van der Waals surface area contributed by atoms with Crippen LogP contribution < -0.4 is 10.6 Å². The van der Waals surface area contributed by atoms with Crippen LogP contribution in [0.4, 0.5) is 0 Å². The highest BCUT2D eigenvalue weighted by atomic mass is 16.3. The Bertz CT molecular complexity index is 648. The third kappa shape index (κ3) is 4.99. The zero-order valence-electron chi connectivity index (χ0n) is 14.3. The number of H-pyrrole nitrogens is 1. The third-order valence-corrected chi connectivity index (χ3v) is 3.83. The summed E-state index contributed by atoms with van der Waals surface area (Å²) in [5.41, 5.74) is 3.77. The molecule has 2 rings (SSSR count). The first-order valence-electron chi connectivity index (χ1n) is 8.33. The van der Waals surface area contributed by atoms with E-state index in [1.54, 1.807) is 0 Å². The van der Waals surface area contributed by atoms with Gasteiger partial charge in [0.15, 0.2) is 5.96 Å². The normalized spacial score (nSPS) is 13.3. The lowest BCUT2D eigenvalue weighted by molar-refractivity contribution is 0.241. The van der Waals surface area contributed by atoms with Gasteiger partial charge in [0.25, 0.3) is 0 Å². The maximum absolute atomic E-state index is 9.09. The average molecular weight is 316 g/mol. The summed E-state index contributed by atoms with van der Waals surface area (Å²) in [5.74, 6) is 0.991. The number of benzene rings is 1. The fourth-order valence-electron chi connectivity index (χ4n) is 2.47. The van der Waals surface area contributed by atoms with Crippen molar-refractivity contribution in [1.82, 2.24) is 15.6 Å². The summed E-state index contributed by atoms with van der Waals surface area (Å²) in [6.07, 6.45) is 3.02. The molecule has 0 aliphatic heterocycles. The van der Waals surface area contributed by atoms with Crippen LogP contribution in [0.15, 0.2) is 29.4 Å². The van der Waals surface area contributed by atoms with Crippen molar-refractivity contribution >= 4 is 16.9 Å². The van der Waals surface area contributed by atoms with E-state index in [4.69, 9.17) is 5.11 Å². The number of aromatic nitrogens is 1. The second-order valence-corrected chi connectivity index (χ2v) is 6.05. The van der Waals surface area contributed by atoms with E-state index in [9.17, 15) is 0 Å². The van der Waals surface area contributed by atoms with Crippen molar-refractivity contribution in [2.45, 2.75) is 27.2 Å². The Morgan fingerprint density at radius 2 is 2.17 bits per heavy atom. The second kappa shape index (κ2) is 8.58. The molecule has 0 spiro atoms. The minimum Gasteiger partial charge on any atom is -0.396 e. The van der Waals surface area contributed by atoms with Gasteiger partial charge in [0.1, 0.15) is 0 Å². The van der Waals surface area contributed by atoms with E-state index < -0.39 is 0 Å². The van der Waals surface area contributed by atoms with Gasteiger partial charge in [-0.2, -0.15) is 0 Å². The van der Waals surface area contributed by atoms with Crippen LogP contribution in [-0.4, -0.2) is 42.3 Å². The van der Waals surface area contributed by atoms with Gasteiger partial charge in [-0.1, -0.05) is 19.1 Å². The largest absolute Gasteiger partial charge is 0.396 e. The van der Waals surface area contributed by atoms with Crippen LogP contribution in [0.5, 0.6) is 0 Å². The van der Waals surface area contributed by atoms with Crippen molar-refractivity contribution in [2.24, 2.45) is 10.9 Å². The van der Waals surface area contributed by atoms with Crippen molar-refractivity contribution in [1.29, 1.82) is 0 Å². The fraction of sp³-hybridized carbons (Fsp3) is 0.500. The van der Waals surface area contributed by atoms with Crippen molar-refractivity contribution < 1.29 is 5.11 Å². The van der Waals surface area contributed by atoms with Crippen molar-refractivity contribution in [3.05, 3.63) is 35.5 Å². The van der Waals surface area contributed by atoms with E-state index in [1.807, 2.05) is 6.92 Å². The first-order chi connectivity index (χ1) is 11.1. The van der Waals surface area contributed by atoms with Crippen LogP contribution in [0.25, 0.3) is 10.9 Å². The molecular formula is C18H28N4O. The quantitative estimate of drug-likeness (QED) is 0.467. The summed E-state index contributed by atoms with van der Waals surface area (Å²) in [6, 6.07) is 6.50. The zero-order valence-corrected chi connectivity index (χ0v) is 14.3. The number of nitrogens with one attached hydrogen (secondary N) is 3. The molecule has 4 N–H and O–H groups in total. The minimum absolute atomic E-state index is 0.164. The molecule has 126 valence electrons. The lowest BCUT2D eigenvalue weighted by Gasteiger charge is -2.12. The van der Waals surface area contributed by atoms with Gasteiger partial charge < -0.3 is 20.7 Å². The predicted molar refractivity (Wildman–Crippen MR) is 97.0 cm³/mol. The lowest BCUT2D eigenvalue weighted by Crippen LogP contribution is -2.38. The van der Waals surface area contributed by atoms with E-state index in [0.717, 1.165) is 25.5 Å². The van der Waals surface area contributed by atoms with E-state index in [0.29, 0.717) is 6.54 Å². The first-order valence-corrected chi connectivity index (χ1v) is 8.33. The topological polar surface area (TPSA) is 72.4 Å². The molecule has 0 saturated carbocycles. The number of aromatic amines is 1. The Balaban J connectivity index is 1.93. The van der Waals surface area contributed by atoms with Crippen LogP contribution in [0.2, 0.25) is 0 Å². The number of nitrogens with zero attached hydrogens (tertiary/aromatic N) is 1. The van der Waals surface area contributed by atoms with Gasteiger partial charge in [0.2, 0.25) is 0 Å². The maximum atomic E-state index is 9.09. The number of aliphatic hydroxyl groups excluding tert-OH is 1. The summed E-state index contributed by atoms with van der Waals surface area (Å²) >= 11 is 0. The number of aliphatic hydroxyl groups is 1. The van der Waals surface area contributed by atoms with E-state index in [-0.39, 0.29) is 12.5 Å². The predicted octanol–water partition coefficient (Wildman–Crippen LogP) is 2.20. The molecule has 0 aliphatic rings. The molecule has 0 saturated heterocycles. The first kappa shape index (κ1) is 17.3. The van der Waals surface area contributed by atoms with Crippen molar-refractivity contribution in [3.63, 3.8) is 0 Å². The number of hydrogen-bond donors (Lipinski definition) is 4. The van der Waals surface area contributed by atoms with Gasteiger partial charge in [0.05, 0.1) is 0 Å². The molecular weight excluding hydrogens is 288 g/mol. The Morgan fingerprint density at radius 3 is 2.91 bits per heavy atom. The van der Waals surface area contributed by atoms with E-state index >= 15 is 0 Å². The highest BCUT2D eigenvalue weighted by Gasteiger charge is 2.05. The molecule has 0 aliphatic carbocycles. The fourth-order valence-corrected chi connectivity index (χ4v) is 2.47. The van der Waals surface area contributed by atoms with Crippen LogP contribution in [0.3, 0.4) is 0 Å². The third-order valence-electron chi connectivity index (χ3n) is 3.83. The van der Waals surface area contributed by atoms with Crippen molar-refractivity contribution in [3.8, 4) is 0 Å². The molecule has 0 fully saturated rings. The lowest BCUT2D eigenvalue weighted by atomic mass is 10.1. The van der Waals surface area contributed by atoms with Gasteiger partial charge in [0, 0.05) is 43.3 Å². The summed E-state index contributed by atoms with van der Waals surface area (Å²) in [7, 11) is 0. The Kier molecular flexibility index (Phi) is 6.47. The van der Waals surface area contributed by atoms with Crippen molar-refractivity contribution in [2.75, 3.05) is 26.2 Å². The number of guanidine groups is 1.